The maximum absolute atomic E-state index is 5.50. The van der Waals surface area contributed by atoms with Gasteiger partial charge in [-0.1, -0.05) is 17.4 Å². The van der Waals surface area contributed by atoms with Gasteiger partial charge in [-0.15, -0.1) is 0 Å². The van der Waals surface area contributed by atoms with Crippen molar-refractivity contribution in [1.82, 2.24) is 4.98 Å². The molecule has 2 heterocycles. The van der Waals surface area contributed by atoms with Gasteiger partial charge in [-0.05, 0) is 24.3 Å². The monoisotopic (exact) mass is 385 g/mol. The van der Waals surface area contributed by atoms with Crippen molar-refractivity contribution in [3.63, 3.8) is 0 Å². The number of benzene rings is 2. The van der Waals surface area contributed by atoms with Gasteiger partial charge in [-0.2, -0.15) is 0 Å². The van der Waals surface area contributed by atoms with E-state index in [0.717, 1.165) is 58.8 Å². The van der Waals surface area contributed by atoms with Crippen molar-refractivity contribution in [1.29, 1.82) is 0 Å². The molecule has 0 amide bonds. The zero-order chi connectivity index (χ0) is 18.8. The third-order valence-electron chi connectivity index (χ3n) is 4.87. The predicted octanol–water partition coefficient (Wildman–Crippen LogP) is 3.65. The van der Waals surface area contributed by atoms with Crippen LogP contribution in [0, 0.1) is 0 Å². The van der Waals surface area contributed by atoms with E-state index < -0.39 is 0 Å². The molecule has 0 atom stereocenters. The molecule has 142 valence electrons. The molecule has 1 saturated heterocycles. The average Bonchev–Trinajstić information content (AvgIpc) is 3.18. The Kier molecular flexibility index (Phi) is 4.94. The van der Waals surface area contributed by atoms with Gasteiger partial charge in [0.2, 0.25) is 0 Å². The topological polar surface area (TPSA) is 47.1 Å². The molecule has 3 aromatic rings. The van der Waals surface area contributed by atoms with Gasteiger partial charge in [0.1, 0.15) is 27.5 Å². The van der Waals surface area contributed by atoms with Gasteiger partial charge >= 0.3 is 0 Å². The Morgan fingerprint density at radius 3 is 2.26 bits per heavy atom. The van der Waals surface area contributed by atoms with Gasteiger partial charge < -0.3 is 24.0 Å². The zero-order valence-electron chi connectivity index (χ0n) is 15.8. The molecule has 0 spiro atoms. The highest BCUT2D eigenvalue weighted by Crippen LogP contribution is 2.40. The summed E-state index contributed by atoms with van der Waals surface area (Å²) in [5.74, 6) is 2.51. The number of rotatable bonds is 5. The van der Waals surface area contributed by atoms with Crippen LogP contribution in [0.3, 0.4) is 0 Å². The van der Waals surface area contributed by atoms with Crippen molar-refractivity contribution in [2.75, 3.05) is 57.3 Å². The molecule has 0 radical (unpaired) electrons. The molecule has 7 heteroatoms. The number of thiazole rings is 1. The Balaban J connectivity index is 1.54. The van der Waals surface area contributed by atoms with E-state index in [4.69, 9.17) is 19.2 Å². The molecule has 1 aliphatic heterocycles. The van der Waals surface area contributed by atoms with Crippen LogP contribution in [0.25, 0.3) is 10.2 Å². The lowest BCUT2D eigenvalue weighted by Crippen LogP contribution is -2.46. The molecule has 27 heavy (non-hydrogen) atoms. The number of ether oxygens (including phenoxy) is 3. The number of hydrogen-bond acceptors (Lipinski definition) is 7. The van der Waals surface area contributed by atoms with Crippen LogP contribution in [0.4, 0.5) is 10.8 Å². The fourth-order valence-corrected chi connectivity index (χ4v) is 4.50. The first-order chi connectivity index (χ1) is 13.2. The molecule has 0 unspecified atom stereocenters. The van der Waals surface area contributed by atoms with Crippen molar-refractivity contribution in [3.8, 4) is 17.2 Å². The Hall–Kier alpha value is -2.67. The minimum Gasteiger partial charge on any atom is -0.497 e. The van der Waals surface area contributed by atoms with Crippen molar-refractivity contribution >= 4 is 32.4 Å². The highest BCUT2D eigenvalue weighted by Gasteiger charge is 2.22. The Bertz CT molecular complexity index is 894. The number of nitrogens with zero attached hydrogens (tertiary/aromatic N) is 3. The SMILES string of the molecule is COc1cccc(N2CCN(c3nc4c(OC)ccc(OC)c4s3)CC2)c1. The minimum atomic E-state index is 0.781. The van der Waals surface area contributed by atoms with E-state index in [2.05, 4.69) is 21.9 Å². The van der Waals surface area contributed by atoms with Crippen LogP contribution in [-0.2, 0) is 0 Å². The van der Waals surface area contributed by atoms with Crippen molar-refractivity contribution in [2.45, 2.75) is 0 Å². The lowest BCUT2D eigenvalue weighted by Gasteiger charge is -2.36. The first-order valence-corrected chi connectivity index (χ1v) is 9.70. The molecular weight excluding hydrogens is 362 g/mol. The van der Waals surface area contributed by atoms with E-state index in [1.807, 2.05) is 24.3 Å². The Morgan fingerprint density at radius 1 is 0.852 bits per heavy atom. The number of hydrogen-bond donors (Lipinski definition) is 0. The summed E-state index contributed by atoms with van der Waals surface area (Å²) in [7, 11) is 5.06. The van der Waals surface area contributed by atoms with Crippen molar-refractivity contribution in [3.05, 3.63) is 36.4 Å². The highest BCUT2D eigenvalue weighted by atomic mass is 32.1. The molecule has 0 aliphatic carbocycles. The van der Waals surface area contributed by atoms with E-state index in [-0.39, 0.29) is 0 Å². The van der Waals surface area contributed by atoms with Gasteiger partial charge in [0, 0.05) is 37.9 Å². The lowest BCUT2D eigenvalue weighted by atomic mass is 10.2. The minimum absolute atomic E-state index is 0.781. The van der Waals surface area contributed by atoms with Crippen LogP contribution >= 0.6 is 11.3 Å². The summed E-state index contributed by atoms with van der Waals surface area (Å²) in [5, 5.41) is 1.01. The third-order valence-corrected chi connectivity index (χ3v) is 6.00. The van der Waals surface area contributed by atoms with Gasteiger partial charge in [-0.3, -0.25) is 0 Å². The molecule has 4 rings (SSSR count). The highest BCUT2D eigenvalue weighted by molar-refractivity contribution is 7.22. The average molecular weight is 385 g/mol. The number of methoxy groups -OCH3 is 3. The van der Waals surface area contributed by atoms with Crippen LogP contribution in [0.1, 0.15) is 0 Å². The number of aromatic nitrogens is 1. The molecule has 0 N–H and O–H groups in total. The summed E-state index contributed by atoms with van der Waals surface area (Å²) < 4.78 is 17.3. The summed E-state index contributed by atoms with van der Waals surface area (Å²) in [5.41, 5.74) is 2.06. The largest absolute Gasteiger partial charge is 0.497 e. The number of fused-ring (bicyclic) bond motifs is 1. The van der Waals surface area contributed by atoms with E-state index in [0.29, 0.717) is 0 Å². The summed E-state index contributed by atoms with van der Waals surface area (Å²) in [6.45, 7) is 3.72. The Labute approximate surface area is 162 Å². The predicted molar refractivity (Wildman–Crippen MR) is 110 cm³/mol. The molecule has 1 aliphatic rings. The van der Waals surface area contributed by atoms with Crippen LogP contribution in [0.2, 0.25) is 0 Å². The lowest BCUT2D eigenvalue weighted by molar-refractivity contribution is 0.410. The maximum Gasteiger partial charge on any atom is 0.186 e. The standard InChI is InChI=1S/C20H23N3O3S/c1-24-15-6-4-5-14(13-15)22-9-11-23(12-10-22)20-21-18-16(25-2)7-8-17(26-3)19(18)27-20/h4-8,13H,9-12H2,1-3H3. The second kappa shape index (κ2) is 7.52. The van der Waals surface area contributed by atoms with E-state index in [9.17, 15) is 0 Å². The molecule has 6 nitrogen and oxygen atoms in total. The second-order valence-corrected chi connectivity index (χ2v) is 7.30. The summed E-state index contributed by atoms with van der Waals surface area (Å²) in [6.07, 6.45) is 0. The van der Waals surface area contributed by atoms with Crippen molar-refractivity contribution in [2.24, 2.45) is 0 Å². The summed E-state index contributed by atoms with van der Waals surface area (Å²) in [6, 6.07) is 12.1. The Morgan fingerprint density at radius 2 is 1.56 bits per heavy atom. The van der Waals surface area contributed by atoms with Crippen LogP contribution in [-0.4, -0.2) is 52.5 Å². The van der Waals surface area contributed by atoms with Gasteiger partial charge in [-0.25, -0.2) is 4.98 Å². The first-order valence-electron chi connectivity index (χ1n) is 8.89. The molecule has 2 aromatic carbocycles. The molecule has 1 fully saturated rings. The normalized spacial score (nSPS) is 14.5. The van der Waals surface area contributed by atoms with Crippen LogP contribution in [0.15, 0.2) is 36.4 Å². The summed E-state index contributed by atoms with van der Waals surface area (Å²) >= 11 is 1.66. The summed E-state index contributed by atoms with van der Waals surface area (Å²) in [4.78, 5) is 9.56. The fourth-order valence-electron chi connectivity index (χ4n) is 3.37. The zero-order valence-corrected chi connectivity index (χ0v) is 16.6. The van der Waals surface area contributed by atoms with E-state index in [1.54, 1.807) is 32.7 Å². The molecule has 0 bridgehead atoms. The van der Waals surface area contributed by atoms with Gasteiger partial charge in [0.05, 0.1) is 21.3 Å². The van der Waals surface area contributed by atoms with Crippen LogP contribution in [0.5, 0.6) is 17.2 Å². The van der Waals surface area contributed by atoms with Crippen LogP contribution < -0.4 is 24.0 Å². The van der Waals surface area contributed by atoms with Crippen molar-refractivity contribution < 1.29 is 14.2 Å². The van der Waals surface area contributed by atoms with E-state index >= 15 is 0 Å². The van der Waals surface area contributed by atoms with Gasteiger partial charge in [0.15, 0.2) is 5.13 Å². The smallest absolute Gasteiger partial charge is 0.186 e. The third kappa shape index (κ3) is 3.35. The fraction of sp³-hybridized carbons (Fsp3) is 0.350. The number of anilines is 2. The first kappa shape index (κ1) is 17.7. The number of piperazine rings is 1. The molecular formula is C20H23N3O3S. The maximum atomic E-state index is 5.50. The van der Waals surface area contributed by atoms with E-state index in [1.165, 1.54) is 5.69 Å². The van der Waals surface area contributed by atoms with Gasteiger partial charge in [0.25, 0.3) is 0 Å². The molecule has 1 aromatic heterocycles. The second-order valence-electron chi connectivity index (χ2n) is 6.32. The molecule has 0 saturated carbocycles. The quantitative estimate of drug-likeness (QED) is 0.668.